The molecule has 0 spiro atoms. The molecule has 1 aromatic heterocycles. The van der Waals surface area contributed by atoms with Gasteiger partial charge in [-0.2, -0.15) is 4.31 Å². The van der Waals surface area contributed by atoms with Crippen molar-refractivity contribution in [1.82, 2.24) is 9.21 Å². The Kier molecular flexibility index (Phi) is 6.34. The van der Waals surface area contributed by atoms with Crippen molar-refractivity contribution in [2.75, 3.05) is 19.6 Å². The van der Waals surface area contributed by atoms with Gasteiger partial charge in [-0.15, -0.1) is 11.3 Å². The van der Waals surface area contributed by atoms with E-state index < -0.39 is 10.0 Å². The topological polar surface area (TPSA) is 57.7 Å². The monoisotopic (exact) mass is 406 g/mol. The Morgan fingerprint density at radius 2 is 1.78 bits per heavy atom. The summed E-state index contributed by atoms with van der Waals surface area (Å²) in [6.45, 7) is 5.19. The molecule has 2 aromatic rings. The number of thiophene rings is 1. The lowest BCUT2D eigenvalue weighted by Gasteiger charge is -2.23. The number of benzene rings is 1. The molecule has 1 amide bonds. The molecule has 1 aliphatic carbocycles. The van der Waals surface area contributed by atoms with Crippen LogP contribution in [0.25, 0.3) is 0 Å². The van der Waals surface area contributed by atoms with E-state index >= 15 is 0 Å². The highest BCUT2D eigenvalue weighted by molar-refractivity contribution is 7.89. The van der Waals surface area contributed by atoms with Gasteiger partial charge in [0.25, 0.3) is 5.91 Å². The first kappa shape index (κ1) is 20.0. The summed E-state index contributed by atoms with van der Waals surface area (Å²) in [5.74, 6) is -0.0131. The zero-order valence-corrected chi connectivity index (χ0v) is 17.4. The van der Waals surface area contributed by atoms with Gasteiger partial charge in [-0.25, -0.2) is 8.42 Å². The van der Waals surface area contributed by atoms with Crippen molar-refractivity contribution in [1.29, 1.82) is 0 Å². The summed E-state index contributed by atoms with van der Waals surface area (Å²) in [4.78, 5) is 16.4. The molecular weight excluding hydrogens is 380 g/mol. The third-order valence-electron chi connectivity index (χ3n) is 4.87. The minimum absolute atomic E-state index is 0.0131. The molecule has 1 aromatic carbocycles. The number of carbonyl (C=O) groups excluding carboxylic acids is 1. The van der Waals surface area contributed by atoms with Crippen LogP contribution in [0, 0.1) is 0 Å². The lowest BCUT2D eigenvalue weighted by atomic mass is 10.2. The zero-order chi connectivity index (χ0) is 19.4. The highest BCUT2D eigenvalue weighted by Crippen LogP contribution is 2.29. The van der Waals surface area contributed by atoms with Gasteiger partial charge in [0.1, 0.15) is 0 Å². The summed E-state index contributed by atoms with van der Waals surface area (Å²) in [6.07, 6.45) is 2.95. The molecule has 0 aliphatic heterocycles. The van der Waals surface area contributed by atoms with Gasteiger partial charge >= 0.3 is 0 Å². The molecule has 5 nitrogen and oxygen atoms in total. The number of sulfonamides is 1. The second kappa shape index (κ2) is 8.54. The Balaban J connectivity index is 1.73. The summed E-state index contributed by atoms with van der Waals surface area (Å²) in [5, 5.41) is 2.05. The minimum Gasteiger partial charge on any atom is -0.335 e. The molecule has 1 aliphatic rings. The zero-order valence-electron chi connectivity index (χ0n) is 15.8. The van der Waals surface area contributed by atoms with Crippen LogP contribution in [-0.4, -0.2) is 49.2 Å². The Morgan fingerprint density at radius 3 is 2.30 bits per heavy atom. The molecule has 0 atom stereocenters. The minimum atomic E-state index is -3.50. The number of carbonyl (C=O) groups is 1. The lowest BCUT2D eigenvalue weighted by Crippen LogP contribution is -2.35. The largest absolute Gasteiger partial charge is 0.335 e. The smallest absolute Gasteiger partial charge is 0.254 e. The molecule has 0 bridgehead atoms. The van der Waals surface area contributed by atoms with Crippen molar-refractivity contribution in [2.45, 2.75) is 44.0 Å². The van der Waals surface area contributed by atoms with Gasteiger partial charge in [0.05, 0.1) is 4.90 Å². The first-order chi connectivity index (χ1) is 13.0. The highest BCUT2D eigenvalue weighted by atomic mass is 32.2. The summed E-state index contributed by atoms with van der Waals surface area (Å²) in [5.41, 5.74) is 0.548. The summed E-state index contributed by atoms with van der Waals surface area (Å²) in [7, 11) is -3.50. The maximum Gasteiger partial charge on any atom is 0.254 e. The second-order valence-electron chi connectivity index (χ2n) is 6.67. The fraction of sp³-hybridized carbons (Fsp3) is 0.450. The average Bonchev–Trinajstić information content (AvgIpc) is 3.37. The van der Waals surface area contributed by atoms with E-state index in [9.17, 15) is 13.2 Å². The Morgan fingerprint density at radius 1 is 1.11 bits per heavy atom. The van der Waals surface area contributed by atoms with Crippen LogP contribution in [0.2, 0.25) is 0 Å². The van der Waals surface area contributed by atoms with Crippen molar-refractivity contribution < 1.29 is 13.2 Å². The molecule has 1 saturated carbocycles. The van der Waals surface area contributed by atoms with Crippen molar-refractivity contribution in [3.63, 3.8) is 0 Å². The van der Waals surface area contributed by atoms with Crippen LogP contribution in [-0.2, 0) is 16.4 Å². The molecular formula is C20H26N2O3S2. The molecule has 0 unspecified atom stereocenters. The Hall–Kier alpha value is -1.70. The third-order valence-corrected chi connectivity index (χ3v) is 7.87. The number of hydrogen-bond acceptors (Lipinski definition) is 4. The first-order valence-corrected chi connectivity index (χ1v) is 11.7. The lowest BCUT2D eigenvalue weighted by molar-refractivity contribution is 0.0745. The van der Waals surface area contributed by atoms with Crippen LogP contribution in [0.3, 0.4) is 0 Å². The highest BCUT2D eigenvalue weighted by Gasteiger charge is 2.33. The number of amides is 1. The van der Waals surface area contributed by atoms with Gasteiger partial charge in [0, 0.05) is 36.1 Å². The maximum atomic E-state index is 13.0. The van der Waals surface area contributed by atoms with Crippen molar-refractivity contribution in [2.24, 2.45) is 0 Å². The van der Waals surface area contributed by atoms with Gasteiger partial charge in [-0.3, -0.25) is 4.79 Å². The second-order valence-corrected chi connectivity index (χ2v) is 9.64. The van der Waals surface area contributed by atoms with Crippen LogP contribution in [0.5, 0.6) is 0 Å². The average molecular weight is 407 g/mol. The van der Waals surface area contributed by atoms with Crippen LogP contribution in [0.1, 0.15) is 41.9 Å². The molecule has 27 heavy (non-hydrogen) atoms. The van der Waals surface area contributed by atoms with Crippen LogP contribution in [0.4, 0.5) is 0 Å². The number of hydrogen-bond donors (Lipinski definition) is 0. The van der Waals surface area contributed by atoms with E-state index in [0.29, 0.717) is 31.2 Å². The van der Waals surface area contributed by atoms with E-state index in [1.165, 1.54) is 9.18 Å². The summed E-state index contributed by atoms with van der Waals surface area (Å²) >= 11 is 1.71. The number of nitrogens with zero attached hydrogens (tertiary/aromatic N) is 2. The quantitative estimate of drug-likeness (QED) is 0.639. The van der Waals surface area contributed by atoms with E-state index in [-0.39, 0.29) is 10.8 Å². The summed E-state index contributed by atoms with van der Waals surface area (Å²) in [6, 6.07) is 10.8. The third kappa shape index (κ3) is 4.59. The van der Waals surface area contributed by atoms with E-state index in [1.54, 1.807) is 35.6 Å². The van der Waals surface area contributed by atoms with E-state index in [1.807, 2.05) is 30.2 Å². The molecule has 0 radical (unpaired) electrons. The van der Waals surface area contributed by atoms with Gasteiger partial charge < -0.3 is 4.90 Å². The predicted molar refractivity (Wildman–Crippen MR) is 109 cm³/mol. The normalized spacial score (nSPS) is 14.5. The Bertz CT molecular complexity index is 853. The molecule has 1 fully saturated rings. The van der Waals surface area contributed by atoms with Crippen LogP contribution >= 0.6 is 11.3 Å². The van der Waals surface area contributed by atoms with E-state index in [2.05, 4.69) is 6.07 Å². The van der Waals surface area contributed by atoms with Gasteiger partial charge in [0.15, 0.2) is 0 Å². The van der Waals surface area contributed by atoms with Crippen molar-refractivity contribution in [3.05, 3.63) is 52.2 Å². The van der Waals surface area contributed by atoms with E-state index in [4.69, 9.17) is 0 Å². The molecule has 146 valence electrons. The summed E-state index contributed by atoms with van der Waals surface area (Å²) < 4.78 is 26.6. The van der Waals surface area contributed by atoms with Gasteiger partial charge in [-0.1, -0.05) is 19.9 Å². The van der Waals surface area contributed by atoms with Crippen LogP contribution in [0.15, 0.2) is 46.7 Å². The standard InChI is InChI=1S/C20H26N2O3S2/c1-3-21(4-2)27(24,25)19-11-7-16(8-12-19)20(23)22(17-9-10-17)14-13-18-6-5-15-26-18/h5-8,11-12,15,17H,3-4,9-10,13-14H2,1-2H3. The predicted octanol–water partition coefficient (Wildman–Crippen LogP) is 3.63. The van der Waals surface area contributed by atoms with E-state index in [0.717, 1.165) is 19.3 Å². The molecule has 7 heteroatoms. The fourth-order valence-corrected chi connectivity index (χ4v) is 5.33. The van der Waals surface area contributed by atoms with Crippen molar-refractivity contribution >= 4 is 27.3 Å². The molecule has 0 saturated heterocycles. The number of rotatable bonds is 9. The molecule has 3 rings (SSSR count). The SMILES string of the molecule is CCN(CC)S(=O)(=O)c1ccc(C(=O)N(CCc2cccs2)C2CC2)cc1. The Labute approximate surface area is 165 Å². The first-order valence-electron chi connectivity index (χ1n) is 9.41. The molecule has 1 heterocycles. The van der Waals surface area contributed by atoms with Crippen molar-refractivity contribution in [3.8, 4) is 0 Å². The molecule has 0 N–H and O–H groups in total. The van der Waals surface area contributed by atoms with Gasteiger partial charge in [-0.05, 0) is 55.0 Å². The maximum absolute atomic E-state index is 13.0. The van der Waals surface area contributed by atoms with Crippen LogP contribution < -0.4 is 0 Å². The van der Waals surface area contributed by atoms with Gasteiger partial charge in [0.2, 0.25) is 10.0 Å². The fourth-order valence-electron chi connectivity index (χ4n) is 3.17.